The third-order valence-electron chi connectivity index (χ3n) is 6.05. The number of carbonyl (C=O) groups is 3. The lowest BCUT2D eigenvalue weighted by molar-refractivity contribution is -0.134. The van der Waals surface area contributed by atoms with Crippen molar-refractivity contribution in [3.63, 3.8) is 0 Å². The normalized spacial score (nSPS) is 13.7. The Morgan fingerprint density at radius 2 is 1.67 bits per heavy atom. The molecule has 1 fully saturated rings. The molecule has 0 aliphatic carbocycles. The van der Waals surface area contributed by atoms with Crippen LogP contribution >= 0.6 is 0 Å². The molecule has 0 spiro atoms. The Bertz CT molecular complexity index is 1290. The van der Waals surface area contributed by atoms with E-state index in [1.165, 1.54) is 5.56 Å². The fourth-order valence-corrected chi connectivity index (χ4v) is 4.01. The van der Waals surface area contributed by atoms with Crippen LogP contribution < -0.4 is 5.32 Å². The van der Waals surface area contributed by atoms with Crippen LogP contribution in [0.1, 0.15) is 41.0 Å². The third kappa shape index (κ3) is 9.87. The molecule has 3 aromatic rings. The minimum absolute atomic E-state index is 0.0250. The summed E-state index contributed by atoms with van der Waals surface area (Å²) >= 11 is 0. The van der Waals surface area contributed by atoms with Crippen molar-refractivity contribution in [2.24, 2.45) is 5.92 Å². The van der Waals surface area contributed by atoms with Gasteiger partial charge in [-0.15, -0.1) is 0 Å². The van der Waals surface area contributed by atoms with E-state index in [0.717, 1.165) is 38.9 Å². The van der Waals surface area contributed by atoms with Crippen LogP contribution in [0.5, 0.6) is 0 Å². The van der Waals surface area contributed by atoms with Gasteiger partial charge in [0.05, 0.1) is 11.6 Å². The van der Waals surface area contributed by atoms with Gasteiger partial charge in [0.2, 0.25) is 0 Å². The van der Waals surface area contributed by atoms with Crippen LogP contribution in [-0.2, 0) is 16.1 Å². The summed E-state index contributed by atoms with van der Waals surface area (Å²) in [4.78, 5) is 38.1. The van der Waals surface area contributed by atoms with Crippen molar-refractivity contribution in [3.05, 3.63) is 83.7 Å². The SMILES string of the molecule is N#Cc1ccc(-c2nc(C(=O)NCCC3CCN(Cc4ccccc4)CC3)no2)cc1.O=C(O)/C=C/C(=O)O. The van der Waals surface area contributed by atoms with Crippen molar-refractivity contribution in [1.82, 2.24) is 20.4 Å². The number of aliphatic carboxylic acids is 2. The lowest BCUT2D eigenvalue weighted by atomic mass is 9.93. The Kier molecular flexibility index (Phi) is 10.9. The quantitative estimate of drug-likeness (QED) is 0.348. The van der Waals surface area contributed by atoms with Gasteiger partial charge in [0.25, 0.3) is 17.6 Å². The van der Waals surface area contributed by atoms with Crippen molar-refractivity contribution in [2.45, 2.75) is 25.8 Å². The van der Waals surface area contributed by atoms with Crippen molar-refractivity contribution >= 4 is 17.8 Å². The number of benzene rings is 2. The highest BCUT2D eigenvalue weighted by Gasteiger charge is 2.20. The molecular formula is C28H29N5O6. The number of amides is 1. The molecule has 39 heavy (non-hydrogen) atoms. The summed E-state index contributed by atoms with van der Waals surface area (Å²) < 4.78 is 5.19. The van der Waals surface area contributed by atoms with E-state index in [9.17, 15) is 14.4 Å². The van der Waals surface area contributed by atoms with Crippen LogP contribution in [-0.4, -0.2) is 62.7 Å². The smallest absolute Gasteiger partial charge is 0.328 e. The minimum atomic E-state index is -1.26. The molecule has 4 rings (SSSR count). The molecule has 0 bridgehead atoms. The zero-order chi connectivity index (χ0) is 28.0. The number of piperidine rings is 1. The Morgan fingerprint density at radius 1 is 1.03 bits per heavy atom. The Hall–Kier alpha value is -4.82. The summed E-state index contributed by atoms with van der Waals surface area (Å²) in [6.45, 7) is 3.78. The molecule has 0 unspecified atom stereocenters. The number of carbonyl (C=O) groups excluding carboxylic acids is 1. The maximum atomic E-state index is 12.3. The first kappa shape index (κ1) is 28.7. The molecule has 11 nitrogen and oxygen atoms in total. The molecule has 3 N–H and O–H groups in total. The number of nitrogens with zero attached hydrogens (tertiary/aromatic N) is 4. The molecule has 1 aromatic heterocycles. The molecule has 0 radical (unpaired) electrons. The summed E-state index contributed by atoms with van der Waals surface area (Å²) in [5.74, 6) is -1.94. The minimum Gasteiger partial charge on any atom is -0.478 e. The zero-order valence-corrected chi connectivity index (χ0v) is 21.2. The molecule has 1 amide bonds. The van der Waals surface area contributed by atoms with Crippen LogP contribution in [0.4, 0.5) is 0 Å². The second-order valence-electron chi connectivity index (χ2n) is 8.87. The molecule has 1 aliphatic rings. The molecule has 0 atom stereocenters. The Balaban J connectivity index is 0.000000459. The summed E-state index contributed by atoms with van der Waals surface area (Å²) in [5.41, 5.74) is 2.58. The molecule has 2 heterocycles. The van der Waals surface area contributed by atoms with Gasteiger partial charge in [-0.25, -0.2) is 9.59 Å². The number of carboxylic acids is 2. The maximum absolute atomic E-state index is 12.3. The summed E-state index contributed by atoms with van der Waals surface area (Å²) in [6, 6.07) is 19.4. The van der Waals surface area contributed by atoms with E-state index in [4.69, 9.17) is 20.0 Å². The molecular weight excluding hydrogens is 502 g/mol. The van der Waals surface area contributed by atoms with Crippen LogP contribution in [0.15, 0.2) is 71.3 Å². The van der Waals surface area contributed by atoms with Gasteiger partial charge in [0, 0.05) is 30.8 Å². The second kappa shape index (κ2) is 14.8. The predicted molar refractivity (Wildman–Crippen MR) is 140 cm³/mol. The molecule has 1 saturated heterocycles. The highest BCUT2D eigenvalue weighted by molar-refractivity contribution is 5.90. The van der Waals surface area contributed by atoms with E-state index >= 15 is 0 Å². The van der Waals surface area contributed by atoms with Crippen LogP contribution in [0.2, 0.25) is 0 Å². The summed E-state index contributed by atoms with van der Waals surface area (Å²) in [5, 5.41) is 31.2. The fraction of sp³-hybridized carbons (Fsp3) is 0.286. The highest BCUT2D eigenvalue weighted by Crippen LogP contribution is 2.22. The van der Waals surface area contributed by atoms with Gasteiger partial charge in [0.15, 0.2) is 0 Å². The lowest BCUT2D eigenvalue weighted by Gasteiger charge is -2.32. The molecule has 0 saturated carbocycles. The van der Waals surface area contributed by atoms with E-state index in [1.54, 1.807) is 24.3 Å². The average Bonchev–Trinajstić information content (AvgIpc) is 3.44. The van der Waals surface area contributed by atoms with Crippen LogP contribution in [0.3, 0.4) is 0 Å². The number of nitrogens with one attached hydrogen (secondary N) is 1. The second-order valence-corrected chi connectivity index (χ2v) is 8.87. The summed E-state index contributed by atoms with van der Waals surface area (Å²) in [6.07, 6.45) is 4.36. The number of carboxylic acid groups (broad SMARTS) is 2. The maximum Gasteiger partial charge on any atom is 0.328 e. The van der Waals surface area contributed by atoms with Crippen molar-refractivity contribution in [2.75, 3.05) is 19.6 Å². The van der Waals surface area contributed by atoms with Gasteiger partial charge in [-0.1, -0.05) is 35.5 Å². The Labute approximate surface area is 225 Å². The topological polar surface area (TPSA) is 170 Å². The van der Waals surface area contributed by atoms with E-state index < -0.39 is 11.9 Å². The van der Waals surface area contributed by atoms with Crippen molar-refractivity contribution in [1.29, 1.82) is 5.26 Å². The van der Waals surface area contributed by atoms with Crippen LogP contribution in [0.25, 0.3) is 11.5 Å². The largest absolute Gasteiger partial charge is 0.478 e. The van der Waals surface area contributed by atoms with E-state index in [1.807, 2.05) is 6.07 Å². The highest BCUT2D eigenvalue weighted by atomic mass is 16.5. The number of likely N-dealkylation sites (tertiary alicyclic amines) is 1. The monoisotopic (exact) mass is 531 g/mol. The van der Waals surface area contributed by atoms with Crippen LogP contribution in [0, 0.1) is 17.2 Å². The first-order valence-electron chi connectivity index (χ1n) is 12.4. The predicted octanol–water partition coefficient (Wildman–Crippen LogP) is 3.35. The van der Waals surface area contributed by atoms with Gasteiger partial charge in [-0.2, -0.15) is 10.2 Å². The number of hydrogen-bond acceptors (Lipinski definition) is 8. The number of rotatable bonds is 9. The molecule has 2 aromatic carbocycles. The van der Waals surface area contributed by atoms with E-state index in [0.29, 0.717) is 35.7 Å². The molecule has 202 valence electrons. The first-order valence-corrected chi connectivity index (χ1v) is 12.4. The third-order valence-corrected chi connectivity index (χ3v) is 6.05. The van der Waals surface area contributed by atoms with E-state index in [2.05, 4.69) is 50.7 Å². The number of hydrogen-bond donors (Lipinski definition) is 3. The van der Waals surface area contributed by atoms with Gasteiger partial charge in [-0.05, 0) is 68.1 Å². The van der Waals surface area contributed by atoms with Crippen molar-refractivity contribution < 1.29 is 29.1 Å². The van der Waals surface area contributed by atoms with Gasteiger partial charge >= 0.3 is 11.9 Å². The number of aromatic nitrogens is 2. The fourth-order valence-electron chi connectivity index (χ4n) is 4.01. The van der Waals surface area contributed by atoms with E-state index in [-0.39, 0.29) is 17.6 Å². The molecule has 11 heteroatoms. The number of nitriles is 1. The Morgan fingerprint density at radius 3 is 2.26 bits per heavy atom. The van der Waals surface area contributed by atoms with Gasteiger partial charge in [-0.3, -0.25) is 9.69 Å². The van der Waals surface area contributed by atoms with Gasteiger partial charge < -0.3 is 20.1 Å². The zero-order valence-electron chi connectivity index (χ0n) is 21.2. The lowest BCUT2D eigenvalue weighted by Crippen LogP contribution is -2.35. The molecule has 1 aliphatic heterocycles. The summed E-state index contributed by atoms with van der Waals surface area (Å²) in [7, 11) is 0. The first-order chi connectivity index (χ1) is 18.8. The van der Waals surface area contributed by atoms with Crippen molar-refractivity contribution in [3.8, 4) is 17.5 Å². The standard InChI is InChI=1S/C24H25N5O2.C4H4O4/c25-16-19-6-8-21(9-7-19)24-27-22(28-31-24)23(30)26-13-10-18-11-14-29(15-12-18)17-20-4-2-1-3-5-20;5-3(6)1-2-4(7)8/h1-9,18H,10-15,17H2,(H,26,30);1-2H,(H,5,6)(H,7,8)/b;2-1+. The average molecular weight is 532 g/mol. The van der Waals surface area contributed by atoms with Gasteiger partial charge in [0.1, 0.15) is 0 Å².